The predicted octanol–water partition coefficient (Wildman–Crippen LogP) is 4.01. The lowest BCUT2D eigenvalue weighted by atomic mass is 10.2. The number of rotatable bonds is 6. The highest BCUT2D eigenvalue weighted by Crippen LogP contribution is 2.30. The first-order valence-electron chi connectivity index (χ1n) is 6.82. The summed E-state index contributed by atoms with van der Waals surface area (Å²) in [6.45, 7) is 4.87. The van der Waals surface area contributed by atoms with Crippen LogP contribution in [0, 0.1) is 6.92 Å². The van der Waals surface area contributed by atoms with Gasteiger partial charge in [0, 0.05) is 24.4 Å². The fraction of sp³-hybridized carbons (Fsp3) is 0.333. The number of nitrogens with zero attached hydrogens (tertiary/aromatic N) is 2. The molecular weight excluding hydrogens is 288 g/mol. The summed E-state index contributed by atoms with van der Waals surface area (Å²) in [6.07, 6.45) is 2.79. The van der Waals surface area contributed by atoms with E-state index in [4.69, 9.17) is 16.3 Å². The van der Waals surface area contributed by atoms with Crippen LogP contribution in [0.2, 0.25) is 5.02 Å². The Labute approximate surface area is 129 Å². The van der Waals surface area contributed by atoms with E-state index < -0.39 is 0 Å². The van der Waals surface area contributed by atoms with E-state index in [1.807, 2.05) is 19.1 Å². The SMILES string of the molecule is CCCNc1ncc(C)c(Nc2cc(OC)ccc2Cl)n1. The summed E-state index contributed by atoms with van der Waals surface area (Å²) in [5, 5.41) is 7.00. The Hall–Kier alpha value is -2.01. The number of aromatic nitrogens is 2. The van der Waals surface area contributed by atoms with Crippen LogP contribution < -0.4 is 15.4 Å². The minimum Gasteiger partial charge on any atom is -0.497 e. The highest BCUT2D eigenvalue weighted by atomic mass is 35.5. The van der Waals surface area contributed by atoms with Crippen molar-refractivity contribution in [2.24, 2.45) is 0 Å². The third-order valence-electron chi connectivity index (χ3n) is 2.93. The van der Waals surface area contributed by atoms with Gasteiger partial charge in [0.25, 0.3) is 0 Å². The molecule has 1 aromatic carbocycles. The molecule has 0 amide bonds. The number of ether oxygens (including phenoxy) is 1. The van der Waals surface area contributed by atoms with Crippen molar-refractivity contribution in [2.45, 2.75) is 20.3 Å². The summed E-state index contributed by atoms with van der Waals surface area (Å²) >= 11 is 6.20. The zero-order valence-corrected chi connectivity index (χ0v) is 13.2. The van der Waals surface area contributed by atoms with E-state index in [1.54, 1.807) is 19.4 Å². The van der Waals surface area contributed by atoms with Gasteiger partial charge in [-0.05, 0) is 25.5 Å². The summed E-state index contributed by atoms with van der Waals surface area (Å²) < 4.78 is 5.21. The van der Waals surface area contributed by atoms with Gasteiger partial charge in [-0.3, -0.25) is 0 Å². The molecule has 0 spiro atoms. The maximum Gasteiger partial charge on any atom is 0.224 e. The molecule has 0 saturated carbocycles. The topological polar surface area (TPSA) is 59.1 Å². The van der Waals surface area contributed by atoms with Gasteiger partial charge in [-0.15, -0.1) is 0 Å². The number of benzene rings is 1. The van der Waals surface area contributed by atoms with Crippen LogP contribution in [0.4, 0.5) is 17.5 Å². The van der Waals surface area contributed by atoms with E-state index in [0.29, 0.717) is 11.0 Å². The third-order valence-corrected chi connectivity index (χ3v) is 3.26. The predicted molar refractivity (Wildman–Crippen MR) is 86.8 cm³/mol. The third kappa shape index (κ3) is 3.98. The number of nitrogens with one attached hydrogen (secondary N) is 2. The molecule has 2 rings (SSSR count). The Morgan fingerprint density at radius 1 is 1.33 bits per heavy atom. The highest BCUT2D eigenvalue weighted by Gasteiger charge is 2.08. The number of methoxy groups -OCH3 is 1. The van der Waals surface area contributed by atoms with Gasteiger partial charge >= 0.3 is 0 Å². The smallest absolute Gasteiger partial charge is 0.224 e. The molecule has 2 aromatic rings. The quantitative estimate of drug-likeness (QED) is 0.844. The van der Waals surface area contributed by atoms with Gasteiger partial charge in [-0.1, -0.05) is 18.5 Å². The van der Waals surface area contributed by atoms with Crippen LogP contribution in [0.15, 0.2) is 24.4 Å². The average Bonchev–Trinajstić information content (AvgIpc) is 2.50. The van der Waals surface area contributed by atoms with Gasteiger partial charge in [-0.25, -0.2) is 4.98 Å². The summed E-state index contributed by atoms with van der Waals surface area (Å²) in [5.74, 6) is 2.06. The Morgan fingerprint density at radius 3 is 2.86 bits per heavy atom. The number of halogens is 1. The lowest BCUT2D eigenvalue weighted by Gasteiger charge is -2.12. The van der Waals surface area contributed by atoms with E-state index >= 15 is 0 Å². The van der Waals surface area contributed by atoms with Crippen LogP contribution in [-0.4, -0.2) is 23.6 Å². The molecule has 0 unspecified atom stereocenters. The van der Waals surface area contributed by atoms with Gasteiger partial charge in [-0.2, -0.15) is 4.98 Å². The molecule has 0 saturated heterocycles. The lowest BCUT2D eigenvalue weighted by molar-refractivity contribution is 0.415. The van der Waals surface area contributed by atoms with Crippen molar-refractivity contribution >= 4 is 29.1 Å². The molecule has 2 N–H and O–H groups in total. The van der Waals surface area contributed by atoms with Crippen LogP contribution in [0.25, 0.3) is 0 Å². The van der Waals surface area contributed by atoms with Gasteiger partial charge in [0.2, 0.25) is 5.95 Å². The molecule has 5 nitrogen and oxygen atoms in total. The summed E-state index contributed by atoms with van der Waals surface area (Å²) in [7, 11) is 1.62. The molecule has 0 aliphatic heterocycles. The molecule has 0 fully saturated rings. The standard InChI is InChI=1S/C15H19ClN4O/c1-4-7-17-15-18-9-10(2)14(20-15)19-13-8-11(21-3)5-6-12(13)16/h5-6,8-9H,4,7H2,1-3H3,(H2,17,18,19,20). The van der Waals surface area contributed by atoms with Gasteiger partial charge in [0.1, 0.15) is 11.6 Å². The number of hydrogen-bond donors (Lipinski definition) is 2. The number of anilines is 3. The van der Waals surface area contributed by atoms with Crippen LogP contribution in [0.1, 0.15) is 18.9 Å². The van der Waals surface area contributed by atoms with Crippen molar-refractivity contribution < 1.29 is 4.74 Å². The first-order valence-corrected chi connectivity index (χ1v) is 7.20. The lowest BCUT2D eigenvalue weighted by Crippen LogP contribution is -2.07. The Kier molecular flexibility index (Phi) is 5.22. The highest BCUT2D eigenvalue weighted by molar-refractivity contribution is 6.33. The second-order valence-electron chi connectivity index (χ2n) is 4.62. The molecule has 0 atom stereocenters. The molecule has 1 heterocycles. The minimum atomic E-state index is 0.601. The number of hydrogen-bond acceptors (Lipinski definition) is 5. The van der Waals surface area contributed by atoms with Gasteiger partial charge < -0.3 is 15.4 Å². The van der Waals surface area contributed by atoms with E-state index in [0.717, 1.165) is 35.8 Å². The Morgan fingerprint density at radius 2 is 2.14 bits per heavy atom. The van der Waals surface area contributed by atoms with E-state index in [-0.39, 0.29) is 0 Å². The summed E-state index contributed by atoms with van der Waals surface area (Å²) in [6, 6.07) is 5.44. The molecule has 112 valence electrons. The van der Waals surface area contributed by atoms with Crippen molar-refractivity contribution in [3.8, 4) is 5.75 Å². The van der Waals surface area contributed by atoms with E-state index in [1.165, 1.54) is 0 Å². The molecule has 21 heavy (non-hydrogen) atoms. The number of aryl methyl sites for hydroxylation is 1. The van der Waals surface area contributed by atoms with Crippen LogP contribution in [-0.2, 0) is 0 Å². The first kappa shape index (κ1) is 15.4. The monoisotopic (exact) mass is 306 g/mol. The Balaban J connectivity index is 2.26. The van der Waals surface area contributed by atoms with Crippen molar-refractivity contribution in [1.82, 2.24) is 9.97 Å². The van der Waals surface area contributed by atoms with Gasteiger partial charge in [0.05, 0.1) is 17.8 Å². The van der Waals surface area contributed by atoms with Crippen LogP contribution in [0.5, 0.6) is 5.75 Å². The largest absolute Gasteiger partial charge is 0.497 e. The zero-order valence-electron chi connectivity index (χ0n) is 12.4. The molecule has 1 aromatic heterocycles. The first-order chi connectivity index (χ1) is 10.1. The van der Waals surface area contributed by atoms with E-state index in [2.05, 4.69) is 27.5 Å². The molecule has 0 bridgehead atoms. The zero-order chi connectivity index (χ0) is 15.2. The summed E-state index contributed by atoms with van der Waals surface area (Å²) in [5.41, 5.74) is 1.69. The molecule has 0 aliphatic carbocycles. The average molecular weight is 307 g/mol. The Bertz CT molecular complexity index is 619. The second-order valence-corrected chi connectivity index (χ2v) is 5.03. The maximum atomic E-state index is 6.20. The van der Waals surface area contributed by atoms with Gasteiger partial charge in [0.15, 0.2) is 0 Å². The van der Waals surface area contributed by atoms with E-state index in [9.17, 15) is 0 Å². The molecule has 0 aliphatic rings. The molecule has 6 heteroatoms. The fourth-order valence-electron chi connectivity index (χ4n) is 1.75. The van der Waals surface area contributed by atoms with Crippen LogP contribution in [0.3, 0.4) is 0 Å². The minimum absolute atomic E-state index is 0.601. The van der Waals surface area contributed by atoms with Crippen molar-refractivity contribution in [3.63, 3.8) is 0 Å². The van der Waals surface area contributed by atoms with Crippen molar-refractivity contribution in [2.75, 3.05) is 24.3 Å². The second kappa shape index (κ2) is 7.13. The van der Waals surface area contributed by atoms with Crippen molar-refractivity contribution in [1.29, 1.82) is 0 Å². The maximum absolute atomic E-state index is 6.20. The summed E-state index contributed by atoms with van der Waals surface area (Å²) in [4.78, 5) is 8.72. The van der Waals surface area contributed by atoms with Crippen molar-refractivity contribution in [3.05, 3.63) is 35.0 Å². The van der Waals surface area contributed by atoms with Crippen LogP contribution >= 0.6 is 11.6 Å². The fourth-order valence-corrected chi connectivity index (χ4v) is 1.91. The molecular formula is C15H19ClN4O. The molecule has 0 radical (unpaired) electrons. The normalized spacial score (nSPS) is 10.3.